The zero-order chi connectivity index (χ0) is 29.2. The number of aliphatic hydroxyl groups is 1. The fourth-order valence-electron chi connectivity index (χ4n) is 6.07. The molecule has 1 unspecified atom stereocenters. The minimum atomic E-state index is -0.914. The molecule has 0 aromatic heterocycles. The summed E-state index contributed by atoms with van der Waals surface area (Å²) in [7, 11) is 1.47. The van der Waals surface area contributed by atoms with Gasteiger partial charge in [-0.3, -0.25) is 19.3 Å². The van der Waals surface area contributed by atoms with Crippen LogP contribution in [-0.2, 0) is 25.5 Å². The number of amides is 4. The Morgan fingerprint density at radius 1 is 1.05 bits per heavy atom. The van der Waals surface area contributed by atoms with Crippen LogP contribution in [-0.4, -0.2) is 81.6 Å². The molecule has 10 heteroatoms. The van der Waals surface area contributed by atoms with Gasteiger partial charge in [0.1, 0.15) is 23.7 Å². The van der Waals surface area contributed by atoms with Crippen molar-refractivity contribution in [2.45, 2.75) is 121 Å². The number of hydrogen-bond donors (Lipinski definition) is 3. The molecule has 40 heavy (non-hydrogen) atoms. The lowest BCUT2D eigenvalue weighted by Crippen LogP contribution is -2.59. The molecular weight excluding hydrogens is 512 g/mol. The number of aryl methyl sites for hydroxylation is 1. The number of rotatable bonds is 5. The molecule has 0 bridgehead atoms. The van der Waals surface area contributed by atoms with E-state index in [9.17, 15) is 24.3 Å². The highest BCUT2D eigenvalue weighted by molar-refractivity contribution is 5.94. The Balaban J connectivity index is 1.47. The van der Waals surface area contributed by atoms with E-state index in [1.54, 1.807) is 32.6 Å². The second-order valence-corrected chi connectivity index (χ2v) is 12.4. The SMILES string of the molecule is C[C@@H](C(=O)N[C@H]1CCC(O)C[C@H]2CC[C@@H](C(=O)N[C@@H]3CCCc4ccccc43)N2C1=O)N(C)C(=O)OC(C)(C)C. The van der Waals surface area contributed by atoms with Crippen molar-refractivity contribution in [1.82, 2.24) is 20.4 Å². The maximum Gasteiger partial charge on any atom is 0.410 e. The molecule has 2 aliphatic heterocycles. The van der Waals surface area contributed by atoms with Crippen LogP contribution in [0, 0.1) is 0 Å². The van der Waals surface area contributed by atoms with Crippen LogP contribution < -0.4 is 10.6 Å². The summed E-state index contributed by atoms with van der Waals surface area (Å²) in [5, 5.41) is 16.6. The van der Waals surface area contributed by atoms with E-state index in [0.29, 0.717) is 25.7 Å². The van der Waals surface area contributed by atoms with Crippen LogP contribution in [0.2, 0.25) is 0 Å². The van der Waals surface area contributed by atoms with Gasteiger partial charge in [0.25, 0.3) is 0 Å². The second kappa shape index (κ2) is 12.2. The summed E-state index contributed by atoms with van der Waals surface area (Å²) in [4.78, 5) is 55.9. The Kier molecular flexibility index (Phi) is 9.07. The lowest BCUT2D eigenvalue weighted by molar-refractivity contribution is -0.145. The molecule has 0 spiro atoms. The lowest BCUT2D eigenvalue weighted by atomic mass is 9.87. The lowest BCUT2D eigenvalue weighted by Gasteiger charge is -2.37. The Labute approximate surface area is 236 Å². The van der Waals surface area contributed by atoms with E-state index >= 15 is 0 Å². The number of benzene rings is 1. The zero-order valence-electron chi connectivity index (χ0n) is 24.3. The number of hydrogen-bond acceptors (Lipinski definition) is 6. The van der Waals surface area contributed by atoms with Crippen LogP contribution in [0.5, 0.6) is 0 Å². The zero-order valence-corrected chi connectivity index (χ0v) is 24.3. The third-order valence-corrected chi connectivity index (χ3v) is 8.33. The van der Waals surface area contributed by atoms with Gasteiger partial charge in [0.05, 0.1) is 12.1 Å². The average molecular weight is 557 g/mol. The molecule has 1 aliphatic carbocycles. The van der Waals surface area contributed by atoms with Crippen molar-refractivity contribution in [3.8, 4) is 0 Å². The van der Waals surface area contributed by atoms with Crippen molar-refractivity contribution in [3.63, 3.8) is 0 Å². The minimum Gasteiger partial charge on any atom is -0.444 e. The Morgan fingerprint density at radius 2 is 1.77 bits per heavy atom. The predicted molar refractivity (Wildman–Crippen MR) is 149 cm³/mol. The van der Waals surface area contributed by atoms with Crippen LogP contribution in [0.4, 0.5) is 4.79 Å². The first-order chi connectivity index (χ1) is 18.9. The fraction of sp³-hybridized carbons (Fsp3) is 0.667. The maximum absolute atomic E-state index is 13.9. The number of carbonyl (C=O) groups excluding carboxylic acids is 4. The Morgan fingerprint density at radius 3 is 2.50 bits per heavy atom. The summed E-state index contributed by atoms with van der Waals surface area (Å²) >= 11 is 0. The number of nitrogens with one attached hydrogen (secondary N) is 2. The number of fused-ring (bicyclic) bond motifs is 2. The highest BCUT2D eigenvalue weighted by Crippen LogP contribution is 2.34. The molecule has 0 saturated carbocycles. The van der Waals surface area contributed by atoms with Crippen LogP contribution in [0.3, 0.4) is 0 Å². The predicted octanol–water partition coefficient (Wildman–Crippen LogP) is 2.82. The molecule has 3 aliphatic rings. The molecule has 1 aromatic rings. The molecule has 1 aromatic carbocycles. The molecule has 4 amide bonds. The first-order valence-electron chi connectivity index (χ1n) is 14.5. The van der Waals surface area contributed by atoms with E-state index in [2.05, 4.69) is 22.8 Å². The normalized spacial score (nSPS) is 27.4. The van der Waals surface area contributed by atoms with Crippen molar-refractivity contribution in [2.24, 2.45) is 0 Å². The summed E-state index contributed by atoms with van der Waals surface area (Å²) in [6.45, 7) is 6.80. The molecule has 10 nitrogen and oxygen atoms in total. The number of aliphatic hydroxyl groups excluding tert-OH is 1. The summed E-state index contributed by atoms with van der Waals surface area (Å²) in [5.74, 6) is -1.02. The van der Waals surface area contributed by atoms with Crippen molar-refractivity contribution >= 4 is 23.8 Å². The minimum absolute atomic E-state index is 0.105. The van der Waals surface area contributed by atoms with Crippen LogP contribution in [0.15, 0.2) is 24.3 Å². The van der Waals surface area contributed by atoms with Gasteiger partial charge in [-0.2, -0.15) is 0 Å². The van der Waals surface area contributed by atoms with E-state index in [-0.39, 0.29) is 30.3 Å². The molecule has 2 heterocycles. The summed E-state index contributed by atoms with van der Waals surface area (Å²) < 4.78 is 5.37. The average Bonchev–Trinajstić information content (AvgIpc) is 3.31. The van der Waals surface area contributed by atoms with Crippen LogP contribution >= 0.6 is 0 Å². The monoisotopic (exact) mass is 556 g/mol. The third kappa shape index (κ3) is 6.77. The third-order valence-electron chi connectivity index (χ3n) is 8.33. The summed E-state index contributed by atoms with van der Waals surface area (Å²) in [6.07, 6.45) is 3.63. The van der Waals surface area contributed by atoms with Gasteiger partial charge < -0.3 is 25.4 Å². The number of ether oxygens (including phenoxy) is 1. The molecule has 2 saturated heterocycles. The summed E-state index contributed by atoms with van der Waals surface area (Å²) in [5.41, 5.74) is 1.65. The first-order valence-corrected chi connectivity index (χ1v) is 14.5. The van der Waals surface area contributed by atoms with E-state index in [1.165, 1.54) is 17.5 Å². The molecule has 4 rings (SSSR count). The topological polar surface area (TPSA) is 128 Å². The van der Waals surface area contributed by atoms with Crippen molar-refractivity contribution in [1.29, 1.82) is 0 Å². The highest BCUT2D eigenvalue weighted by Gasteiger charge is 2.46. The fourth-order valence-corrected chi connectivity index (χ4v) is 6.07. The highest BCUT2D eigenvalue weighted by atomic mass is 16.6. The van der Waals surface area contributed by atoms with E-state index in [0.717, 1.165) is 24.8 Å². The molecule has 0 radical (unpaired) electrons. The van der Waals surface area contributed by atoms with Gasteiger partial charge in [-0.05, 0) is 90.2 Å². The van der Waals surface area contributed by atoms with Gasteiger partial charge in [0, 0.05) is 13.1 Å². The van der Waals surface area contributed by atoms with Gasteiger partial charge in [0.15, 0.2) is 0 Å². The molecule has 3 N–H and O–H groups in total. The Hall–Kier alpha value is -3.14. The second-order valence-electron chi connectivity index (χ2n) is 12.4. The van der Waals surface area contributed by atoms with Crippen molar-refractivity contribution in [3.05, 3.63) is 35.4 Å². The van der Waals surface area contributed by atoms with Gasteiger partial charge in [0.2, 0.25) is 17.7 Å². The summed E-state index contributed by atoms with van der Waals surface area (Å²) in [6, 6.07) is 5.28. The quantitative estimate of drug-likeness (QED) is 0.512. The Bertz CT molecular complexity index is 1120. The molecule has 6 atom stereocenters. The van der Waals surface area contributed by atoms with E-state index < -0.39 is 41.8 Å². The molecule has 2 fully saturated rings. The standard InChI is InChI=1S/C30H44N4O6/c1-18(33(5)29(39)40-30(2,3)4)26(36)32-24-15-14-21(35)17-20-13-16-25(34(20)28(24)38)27(37)31-23-12-8-10-19-9-6-7-11-22(19)23/h6-7,9,11,18,20-21,23-25,35H,8,10,12-17H2,1-5H3,(H,31,37)(H,32,36)/t18-,20+,21?,23+,24-,25-/m0/s1. The first kappa shape index (κ1) is 29.8. The van der Waals surface area contributed by atoms with Gasteiger partial charge in [-0.25, -0.2) is 4.79 Å². The van der Waals surface area contributed by atoms with Crippen LogP contribution in [0.25, 0.3) is 0 Å². The van der Waals surface area contributed by atoms with Crippen LogP contribution in [0.1, 0.15) is 89.8 Å². The number of likely N-dealkylation sites (N-methyl/N-ethyl adjacent to an activating group) is 1. The van der Waals surface area contributed by atoms with Gasteiger partial charge in [-0.1, -0.05) is 24.3 Å². The van der Waals surface area contributed by atoms with Crippen molar-refractivity contribution < 1.29 is 29.0 Å². The van der Waals surface area contributed by atoms with E-state index in [1.807, 2.05) is 12.1 Å². The smallest absolute Gasteiger partial charge is 0.410 e. The maximum atomic E-state index is 13.9. The van der Waals surface area contributed by atoms with Gasteiger partial charge >= 0.3 is 6.09 Å². The molecule has 220 valence electrons. The largest absolute Gasteiger partial charge is 0.444 e. The van der Waals surface area contributed by atoms with Gasteiger partial charge in [-0.15, -0.1) is 0 Å². The number of carbonyl (C=O) groups is 4. The van der Waals surface area contributed by atoms with Crippen molar-refractivity contribution in [2.75, 3.05) is 7.05 Å². The number of nitrogens with zero attached hydrogens (tertiary/aromatic N) is 2. The van der Waals surface area contributed by atoms with E-state index in [4.69, 9.17) is 4.74 Å². The molecular formula is C30H44N4O6.